The number of hydrogen-bond donors (Lipinski definition) is 2. The van der Waals surface area contributed by atoms with Crippen LogP contribution in [0.25, 0.3) is 0 Å². The second-order valence-electron chi connectivity index (χ2n) is 4.15. The predicted molar refractivity (Wildman–Crippen MR) is 76.1 cm³/mol. The fourth-order valence-corrected chi connectivity index (χ4v) is 2.14. The first-order chi connectivity index (χ1) is 9.90. The third kappa shape index (κ3) is 3.27. The SMILES string of the molecule is O=[N+]([O-])c1ccc(F)c(F)c1NCc1ccc(O)c(Br)c1. The van der Waals surface area contributed by atoms with Crippen LogP contribution in [-0.4, -0.2) is 10.0 Å². The van der Waals surface area contributed by atoms with Gasteiger partial charge in [-0.3, -0.25) is 10.1 Å². The van der Waals surface area contributed by atoms with Gasteiger partial charge in [-0.05, 0) is 39.7 Å². The van der Waals surface area contributed by atoms with Crippen LogP contribution in [0.1, 0.15) is 5.56 Å². The number of halogens is 3. The van der Waals surface area contributed by atoms with E-state index < -0.39 is 27.9 Å². The summed E-state index contributed by atoms with van der Waals surface area (Å²) in [6.45, 7) is 0.0279. The summed E-state index contributed by atoms with van der Waals surface area (Å²) >= 11 is 3.12. The van der Waals surface area contributed by atoms with Crippen LogP contribution >= 0.6 is 15.9 Å². The normalized spacial score (nSPS) is 10.4. The van der Waals surface area contributed by atoms with Crippen LogP contribution < -0.4 is 5.32 Å². The Morgan fingerprint density at radius 2 is 2.00 bits per heavy atom. The minimum atomic E-state index is -1.30. The van der Waals surface area contributed by atoms with E-state index in [1.807, 2.05) is 0 Å². The number of nitro benzene ring substituents is 1. The van der Waals surface area contributed by atoms with Gasteiger partial charge in [-0.2, -0.15) is 0 Å². The van der Waals surface area contributed by atoms with E-state index in [1.54, 1.807) is 12.1 Å². The third-order valence-corrected chi connectivity index (χ3v) is 3.39. The Morgan fingerprint density at radius 3 is 2.62 bits per heavy atom. The Kier molecular flexibility index (Phi) is 4.37. The van der Waals surface area contributed by atoms with Crippen molar-refractivity contribution >= 4 is 27.3 Å². The van der Waals surface area contributed by atoms with Gasteiger partial charge in [-0.1, -0.05) is 6.07 Å². The van der Waals surface area contributed by atoms with E-state index in [-0.39, 0.29) is 12.3 Å². The largest absolute Gasteiger partial charge is 0.507 e. The number of nitro groups is 1. The lowest BCUT2D eigenvalue weighted by Crippen LogP contribution is -2.06. The summed E-state index contributed by atoms with van der Waals surface area (Å²) in [7, 11) is 0. The molecule has 0 aliphatic rings. The lowest BCUT2D eigenvalue weighted by Gasteiger charge is -2.09. The van der Waals surface area contributed by atoms with Gasteiger partial charge in [-0.15, -0.1) is 0 Å². The van der Waals surface area contributed by atoms with Crippen molar-refractivity contribution in [1.82, 2.24) is 0 Å². The fourth-order valence-electron chi connectivity index (χ4n) is 1.71. The molecule has 2 aromatic carbocycles. The average Bonchev–Trinajstić information content (AvgIpc) is 2.43. The van der Waals surface area contributed by atoms with E-state index in [0.717, 1.165) is 6.07 Å². The number of phenolic OH excluding ortho intramolecular Hbond substituents is 1. The predicted octanol–water partition coefficient (Wildman–Crippen LogP) is 3.95. The lowest BCUT2D eigenvalue weighted by molar-refractivity contribution is -0.384. The molecule has 0 spiro atoms. The Hall–Kier alpha value is -2.22. The maximum atomic E-state index is 13.7. The quantitative estimate of drug-likeness (QED) is 0.640. The maximum absolute atomic E-state index is 13.7. The van der Waals surface area contributed by atoms with Gasteiger partial charge in [0.2, 0.25) is 0 Å². The van der Waals surface area contributed by atoms with Gasteiger partial charge in [-0.25, -0.2) is 8.78 Å². The zero-order valence-corrected chi connectivity index (χ0v) is 12.0. The van der Waals surface area contributed by atoms with Crippen molar-refractivity contribution in [3.63, 3.8) is 0 Å². The van der Waals surface area contributed by atoms with Gasteiger partial charge in [0.15, 0.2) is 17.3 Å². The van der Waals surface area contributed by atoms with Crippen molar-refractivity contribution in [1.29, 1.82) is 0 Å². The van der Waals surface area contributed by atoms with Gasteiger partial charge in [0.1, 0.15) is 5.75 Å². The maximum Gasteiger partial charge on any atom is 0.295 e. The number of nitrogens with zero attached hydrogens (tertiary/aromatic N) is 1. The van der Waals surface area contributed by atoms with Crippen molar-refractivity contribution in [2.75, 3.05) is 5.32 Å². The molecule has 0 aliphatic heterocycles. The van der Waals surface area contributed by atoms with Crippen LogP contribution in [-0.2, 0) is 6.54 Å². The van der Waals surface area contributed by atoms with Crippen molar-refractivity contribution < 1.29 is 18.8 Å². The number of phenols is 1. The van der Waals surface area contributed by atoms with Crippen molar-refractivity contribution in [2.24, 2.45) is 0 Å². The number of aromatic hydroxyl groups is 1. The summed E-state index contributed by atoms with van der Waals surface area (Å²) in [5, 5.41) is 22.7. The molecule has 5 nitrogen and oxygen atoms in total. The number of hydrogen-bond acceptors (Lipinski definition) is 4. The fraction of sp³-hybridized carbons (Fsp3) is 0.0769. The first kappa shape index (κ1) is 15.2. The average molecular weight is 359 g/mol. The molecule has 0 amide bonds. The molecule has 2 rings (SSSR count). The van der Waals surface area contributed by atoms with Gasteiger partial charge >= 0.3 is 0 Å². The molecule has 0 atom stereocenters. The van der Waals surface area contributed by atoms with E-state index in [1.165, 1.54) is 6.07 Å². The van der Waals surface area contributed by atoms with Gasteiger partial charge in [0, 0.05) is 12.6 Å². The Labute approximate surface area is 126 Å². The molecule has 0 bridgehead atoms. The number of benzene rings is 2. The smallest absolute Gasteiger partial charge is 0.295 e. The lowest BCUT2D eigenvalue weighted by atomic mass is 10.2. The molecule has 2 N–H and O–H groups in total. The molecule has 0 aromatic heterocycles. The van der Waals surface area contributed by atoms with Crippen LogP contribution in [0.5, 0.6) is 5.75 Å². The third-order valence-electron chi connectivity index (χ3n) is 2.75. The van der Waals surface area contributed by atoms with Gasteiger partial charge < -0.3 is 10.4 Å². The summed E-state index contributed by atoms with van der Waals surface area (Å²) in [6.07, 6.45) is 0. The van der Waals surface area contributed by atoms with E-state index in [0.29, 0.717) is 16.1 Å². The van der Waals surface area contributed by atoms with E-state index in [2.05, 4.69) is 21.2 Å². The molecular formula is C13H9BrF2N2O3. The highest BCUT2D eigenvalue weighted by Crippen LogP contribution is 2.30. The molecule has 2 aromatic rings. The van der Waals surface area contributed by atoms with E-state index in [4.69, 9.17) is 0 Å². The summed E-state index contributed by atoms with van der Waals surface area (Å²) in [5.74, 6) is -2.45. The standard InChI is InChI=1S/C13H9BrF2N2O3/c14-8-5-7(1-4-11(8)19)6-17-13-10(18(20)21)3-2-9(15)12(13)16/h1-5,17,19H,6H2. The van der Waals surface area contributed by atoms with Crippen molar-refractivity contribution in [2.45, 2.75) is 6.54 Å². The van der Waals surface area contributed by atoms with Crippen molar-refractivity contribution in [3.05, 3.63) is 62.1 Å². The highest BCUT2D eigenvalue weighted by molar-refractivity contribution is 9.10. The Morgan fingerprint density at radius 1 is 1.29 bits per heavy atom. The van der Waals surface area contributed by atoms with Crippen LogP contribution in [0.3, 0.4) is 0 Å². The molecule has 110 valence electrons. The minimum absolute atomic E-state index is 0.0279. The minimum Gasteiger partial charge on any atom is -0.507 e. The molecule has 0 saturated heterocycles. The second-order valence-corrected chi connectivity index (χ2v) is 5.01. The molecule has 0 radical (unpaired) electrons. The zero-order chi connectivity index (χ0) is 15.6. The van der Waals surface area contributed by atoms with Crippen LogP contribution in [0, 0.1) is 21.7 Å². The monoisotopic (exact) mass is 358 g/mol. The first-order valence-corrected chi connectivity index (χ1v) is 6.53. The number of rotatable bonds is 4. The molecule has 21 heavy (non-hydrogen) atoms. The molecule has 0 unspecified atom stereocenters. The number of nitrogens with one attached hydrogen (secondary N) is 1. The van der Waals surface area contributed by atoms with Crippen LogP contribution in [0.4, 0.5) is 20.2 Å². The van der Waals surface area contributed by atoms with Gasteiger partial charge in [0.05, 0.1) is 9.40 Å². The summed E-state index contributed by atoms with van der Waals surface area (Å²) in [4.78, 5) is 10.0. The van der Waals surface area contributed by atoms with Crippen molar-refractivity contribution in [3.8, 4) is 5.75 Å². The zero-order valence-electron chi connectivity index (χ0n) is 10.4. The summed E-state index contributed by atoms with van der Waals surface area (Å²) in [6, 6.07) is 6.13. The topological polar surface area (TPSA) is 75.4 Å². The molecule has 0 fully saturated rings. The summed E-state index contributed by atoms with van der Waals surface area (Å²) in [5.41, 5.74) is -0.437. The van der Waals surface area contributed by atoms with Gasteiger partial charge in [0.25, 0.3) is 5.69 Å². The highest BCUT2D eigenvalue weighted by atomic mass is 79.9. The molecule has 0 heterocycles. The number of anilines is 1. The Bertz CT molecular complexity index is 710. The Balaban J connectivity index is 2.28. The second kappa shape index (κ2) is 6.04. The molecule has 0 saturated carbocycles. The summed E-state index contributed by atoms with van der Waals surface area (Å²) < 4.78 is 27.3. The highest BCUT2D eigenvalue weighted by Gasteiger charge is 2.21. The van der Waals surface area contributed by atoms with Crippen LogP contribution in [0.2, 0.25) is 0 Å². The van der Waals surface area contributed by atoms with E-state index in [9.17, 15) is 24.0 Å². The van der Waals surface area contributed by atoms with E-state index >= 15 is 0 Å². The molecule has 0 aliphatic carbocycles. The molecular weight excluding hydrogens is 350 g/mol. The van der Waals surface area contributed by atoms with Crippen LogP contribution in [0.15, 0.2) is 34.8 Å². The first-order valence-electron chi connectivity index (χ1n) is 5.74. The molecule has 8 heteroatoms.